The minimum Gasteiger partial charge on any atom is -0.505 e. The van der Waals surface area contributed by atoms with Crippen molar-refractivity contribution >= 4 is 34.0 Å². The molecule has 0 saturated heterocycles. The Morgan fingerprint density at radius 3 is 2.37 bits per heavy atom. The molecule has 0 saturated carbocycles. The van der Waals surface area contributed by atoms with Gasteiger partial charge in [0, 0.05) is 22.4 Å². The van der Waals surface area contributed by atoms with Crippen LogP contribution in [0.3, 0.4) is 0 Å². The SMILES string of the molecule is CCCCc1cc(C)cc(-n2nc3ccc(Nc4cccc5c4C(=O)c4ccccc4C5=O)cc3n2)c1O. The molecule has 7 nitrogen and oxygen atoms in total. The summed E-state index contributed by atoms with van der Waals surface area (Å²) in [6.07, 6.45) is 2.82. The highest BCUT2D eigenvalue weighted by atomic mass is 16.3. The third kappa shape index (κ3) is 3.93. The summed E-state index contributed by atoms with van der Waals surface area (Å²) in [5.74, 6) is -0.144. The van der Waals surface area contributed by atoms with Crippen LogP contribution in [0.4, 0.5) is 11.4 Å². The van der Waals surface area contributed by atoms with Gasteiger partial charge in [0.2, 0.25) is 0 Å². The topological polar surface area (TPSA) is 97.1 Å². The number of carbonyl (C=O) groups excluding carboxylic acids is 2. The standard InChI is InChI=1S/C31H26N4O3/c1-3-4-8-19-15-18(2)16-27(29(19)36)35-33-24-14-13-20(17-26(24)34-35)32-25-12-7-11-23-28(25)31(38)22-10-6-5-9-21(22)30(23)37/h5-7,9-17,32,36H,3-4,8H2,1-2H3. The van der Waals surface area contributed by atoms with Crippen molar-refractivity contribution in [2.75, 3.05) is 5.32 Å². The number of nitrogens with one attached hydrogen (secondary N) is 1. The van der Waals surface area contributed by atoms with Gasteiger partial charge in [0.05, 0.1) is 11.3 Å². The van der Waals surface area contributed by atoms with E-state index in [0.717, 1.165) is 30.4 Å². The molecule has 6 rings (SSSR count). The number of unbranched alkanes of at least 4 members (excludes halogenated alkanes) is 1. The quantitative estimate of drug-likeness (QED) is 0.278. The fourth-order valence-electron chi connectivity index (χ4n) is 5.05. The van der Waals surface area contributed by atoms with E-state index in [0.29, 0.717) is 50.3 Å². The van der Waals surface area contributed by atoms with Crippen molar-refractivity contribution in [2.45, 2.75) is 33.1 Å². The second kappa shape index (κ2) is 9.27. The van der Waals surface area contributed by atoms with Crippen molar-refractivity contribution in [3.05, 3.63) is 106 Å². The maximum atomic E-state index is 13.3. The number of hydrogen-bond donors (Lipinski definition) is 2. The van der Waals surface area contributed by atoms with Crippen LogP contribution in [0.15, 0.2) is 72.8 Å². The summed E-state index contributed by atoms with van der Waals surface area (Å²) in [7, 11) is 0. The zero-order valence-corrected chi connectivity index (χ0v) is 21.2. The fraction of sp³-hybridized carbons (Fsp3) is 0.161. The first-order valence-corrected chi connectivity index (χ1v) is 12.7. The zero-order chi connectivity index (χ0) is 26.4. The van der Waals surface area contributed by atoms with E-state index in [1.807, 2.05) is 37.3 Å². The van der Waals surface area contributed by atoms with Crippen LogP contribution in [0.2, 0.25) is 0 Å². The fourth-order valence-corrected chi connectivity index (χ4v) is 5.05. The number of aryl methyl sites for hydroxylation is 2. The minimum atomic E-state index is -0.181. The molecule has 0 aliphatic heterocycles. The van der Waals surface area contributed by atoms with Crippen LogP contribution in [-0.4, -0.2) is 31.7 Å². The van der Waals surface area contributed by atoms with Crippen LogP contribution in [0.1, 0.15) is 62.7 Å². The lowest BCUT2D eigenvalue weighted by Crippen LogP contribution is -2.22. The smallest absolute Gasteiger partial charge is 0.196 e. The molecule has 0 spiro atoms. The number of rotatable bonds is 6. The Hall–Kier alpha value is -4.78. The van der Waals surface area contributed by atoms with Gasteiger partial charge in [-0.05, 0) is 61.2 Å². The largest absolute Gasteiger partial charge is 0.505 e. The van der Waals surface area contributed by atoms with Gasteiger partial charge in [-0.15, -0.1) is 15.0 Å². The zero-order valence-electron chi connectivity index (χ0n) is 21.2. The van der Waals surface area contributed by atoms with Crippen LogP contribution in [-0.2, 0) is 6.42 Å². The van der Waals surface area contributed by atoms with Crippen LogP contribution < -0.4 is 5.32 Å². The van der Waals surface area contributed by atoms with E-state index in [4.69, 9.17) is 0 Å². The van der Waals surface area contributed by atoms with Crippen LogP contribution in [0, 0.1) is 6.92 Å². The Labute approximate surface area is 219 Å². The highest BCUT2D eigenvalue weighted by Gasteiger charge is 2.31. The molecule has 0 radical (unpaired) electrons. The molecular formula is C31H26N4O3. The number of fused-ring (bicyclic) bond motifs is 3. The van der Waals surface area contributed by atoms with E-state index in [-0.39, 0.29) is 17.3 Å². The maximum Gasteiger partial charge on any atom is 0.196 e. The normalized spacial score (nSPS) is 12.5. The number of hydrogen-bond acceptors (Lipinski definition) is 6. The van der Waals surface area contributed by atoms with Crippen LogP contribution in [0.5, 0.6) is 5.75 Å². The summed E-state index contributed by atoms with van der Waals surface area (Å²) >= 11 is 0. The second-order valence-corrected chi connectivity index (χ2v) is 9.65. The molecule has 1 heterocycles. The average molecular weight is 503 g/mol. The number of phenols is 1. The molecular weight excluding hydrogens is 476 g/mol. The number of carbonyl (C=O) groups is 2. The number of phenolic OH excluding ortho intramolecular Hbond substituents is 1. The van der Waals surface area contributed by atoms with Crippen molar-refractivity contribution in [2.24, 2.45) is 0 Å². The van der Waals surface area contributed by atoms with Crippen molar-refractivity contribution < 1.29 is 14.7 Å². The lowest BCUT2D eigenvalue weighted by molar-refractivity contribution is 0.0979. The van der Waals surface area contributed by atoms with Crippen LogP contribution >= 0.6 is 0 Å². The molecule has 1 aliphatic carbocycles. The first-order valence-electron chi connectivity index (χ1n) is 12.7. The van der Waals surface area contributed by atoms with Gasteiger partial charge in [-0.2, -0.15) is 0 Å². The van der Waals surface area contributed by atoms with Gasteiger partial charge in [-0.25, -0.2) is 0 Å². The third-order valence-corrected chi connectivity index (χ3v) is 6.94. The molecule has 7 heteroatoms. The Morgan fingerprint density at radius 1 is 0.842 bits per heavy atom. The van der Waals surface area contributed by atoms with E-state index in [1.54, 1.807) is 42.5 Å². The Bertz CT molecular complexity index is 1750. The Morgan fingerprint density at radius 2 is 1.58 bits per heavy atom. The van der Waals surface area contributed by atoms with Gasteiger partial charge in [-0.1, -0.05) is 55.8 Å². The predicted octanol–water partition coefficient (Wildman–Crippen LogP) is 6.30. The number of benzene rings is 4. The molecule has 0 atom stereocenters. The van der Waals surface area contributed by atoms with Crippen molar-refractivity contribution in [1.29, 1.82) is 0 Å². The van der Waals surface area contributed by atoms with Crippen molar-refractivity contribution in [1.82, 2.24) is 15.0 Å². The summed E-state index contributed by atoms with van der Waals surface area (Å²) in [6, 6.07) is 21.6. The lowest BCUT2D eigenvalue weighted by Gasteiger charge is -2.20. The monoisotopic (exact) mass is 502 g/mol. The molecule has 1 aliphatic rings. The highest BCUT2D eigenvalue weighted by molar-refractivity contribution is 6.30. The Kier molecular flexibility index (Phi) is 5.76. The number of aromatic nitrogens is 3. The van der Waals surface area contributed by atoms with Crippen LogP contribution in [0.25, 0.3) is 16.7 Å². The van der Waals surface area contributed by atoms with Gasteiger partial charge in [0.25, 0.3) is 0 Å². The number of anilines is 2. The van der Waals surface area contributed by atoms with E-state index >= 15 is 0 Å². The third-order valence-electron chi connectivity index (χ3n) is 6.94. The molecule has 0 bridgehead atoms. The highest BCUT2D eigenvalue weighted by Crippen LogP contribution is 2.34. The predicted molar refractivity (Wildman–Crippen MR) is 147 cm³/mol. The van der Waals surface area contributed by atoms with E-state index in [1.165, 1.54) is 4.80 Å². The molecule has 5 aromatic rings. The molecule has 1 aromatic heterocycles. The van der Waals surface area contributed by atoms with Gasteiger partial charge >= 0.3 is 0 Å². The molecule has 2 N–H and O–H groups in total. The summed E-state index contributed by atoms with van der Waals surface area (Å²) in [4.78, 5) is 27.9. The number of ketones is 2. The van der Waals surface area contributed by atoms with Gasteiger partial charge < -0.3 is 10.4 Å². The summed E-state index contributed by atoms with van der Waals surface area (Å²) in [6.45, 7) is 4.12. The average Bonchev–Trinajstić information content (AvgIpc) is 3.35. The van der Waals surface area contributed by atoms with E-state index in [9.17, 15) is 14.7 Å². The summed E-state index contributed by atoms with van der Waals surface area (Å²) in [5, 5.41) is 23.5. The Balaban J connectivity index is 1.36. The lowest BCUT2D eigenvalue weighted by atomic mass is 9.83. The van der Waals surface area contributed by atoms with Gasteiger partial charge in [-0.3, -0.25) is 9.59 Å². The molecule has 188 valence electrons. The van der Waals surface area contributed by atoms with Gasteiger partial charge in [0.15, 0.2) is 11.6 Å². The molecule has 0 unspecified atom stereocenters. The summed E-state index contributed by atoms with van der Waals surface area (Å²) in [5.41, 5.74) is 6.61. The van der Waals surface area contributed by atoms with Gasteiger partial charge in [0.1, 0.15) is 22.5 Å². The number of aromatic hydroxyl groups is 1. The summed E-state index contributed by atoms with van der Waals surface area (Å²) < 4.78 is 0. The van der Waals surface area contributed by atoms with Crippen molar-refractivity contribution in [3.8, 4) is 11.4 Å². The number of nitrogens with zero attached hydrogens (tertiary/aromatic N) is 3. The van der Waals surface area contributed by atoms with E-state index < -0.39 is 0 Å². The first kappa shape index (κ1) is 23.6. The molecule has 0 fully saturated rings. The minimum absolute atomic E-state index is 0.159. The second-order valence-electron chi connectivity index (χ2n) is 9.65. The maximum absolute atomic E-state index is 13.3. The molecule has 4 aromatic carbocycles. The molecule has 0 amide bonds. The van der Waals surface area contributed by atoms with E-state index in [2.05, 4.69) is 22.4 Å². The molecule has 38 heavy (non-hydrogen) atoms. The first-order chi connectivity index (χ1) is 18.4. The van der Waals surface area contributed by atoms with Crippen molar-refractivity contribution in [3.63, 3.8) is 0 Å².